The molecule has 1 atom stereocenters. The average Bonchev–Trinajstić information content (AvgIpc) is 2.79. The van der Waals surface area contributed by atoms with E-state index in [1.165, 1.54) is 12.1 Å². The molecule has 2 rings (SSSR count). The van der Waals surface area contributed by atoms with Crippen molar-refractivity contribution in [3.05, 3.63) is 29.8 Å². The number of rotatable bonds is 4. The van der Waals surface area contributed by atoms with E-state index in [1.54, 1.807) is 12.1 Å². The van der Waals surface area contributed by atoms with Crippen LogP contribution in [0.5, 0.6) is 5.75 Å². The van der Waals surface area contributed by atoms with Gasteiger partial charge in [0.25, 0.3) is 0 Å². The topological polar surface area (TPSA) is 21.3 Å². The Morgan fingerprint density at radius 2 is 2.11 bits per heavy atom. The van der Waals surface area contributed by atoms with Crippen molar-refractivity contribution in [1.82, 2.24) is 5.32 Å². The van der Waals surface area contributed by atoms with E-state index in [9.17, 15) is 13.2 Å². The number of alkyl halides is 3. The number of nitrogens with one attached hydrogen (secondary N) is 1. The van der Waals surface area contributed by atoms with E-state index in [4.69, 9.17) is 0 Å². The number of hydrogen-bond acceptors (Lipinski definition) is 3. The lowest BCUT2D eigenvalue weighted by Gasteiger charge is -2.15. The number of benzene rings is 1. The highest BCUT2D eigenvalue weighted by molar-refractivity contribution is 7.99. The molecule has 6 heteroatoms. The van der Waals surface area contributed by atoms with Crippen molar-refractivity contribution in [1.29, 1.82) is 0 Å². The van der Waals surface area contributed by atoms with Crippen LogP contribution in [0, 0.1) is 0 Å². The van der Waals surface area contributed by atoms with Crippen LogP contribution in [0.2, 0.25) is 0 Å². The molecule has 0 amide bonds. The SMILES string of the molecule is FC(F)(F)Oc1ccccc1CNC1CCSC1. The fourth-order valence-corrected chi connectivity index (χ4v) is 3.01. The predicted molar refractivity (Wildman–Crippen MR) is 65.7 cm³/mol. The maximum Gasteiger partial charge on any atom is 0.573 e. The third-order valence-electron chi connectivity index (χ3n) is 2.71. The first-order valence-corrected chi connectivity index (χ1v) is 6.85. The van der Waals surface area contributed by atoms with Crippen LogP contribution in [0.4, 0.5) is 13.2 Å². The molecule has 1 N–H and O–H groups in total. The van der Waals surface area contributed by atoms with Gasteiger partial charge in [-0.3, -0.25) is 0 Å². The monoisotopic (exact) mass is 277 g/mol. The highest BCUT2D eigenvalue weighted by Gasteiger charge is 2.32. The molecular weight excluding hydrogens is 263 g/mol. The van der Waals surface area contributed by atoms with Crippen LogP contribution in [0.25, 0.3) is 0 Å². The third kappa shape index (κ3) is 4.10. The van der Waals surface area contributed by atoms with Crippen LogP contribution in [-0.4, -0.2) is 23.9 Å². The second-order valence-electron chi connectivity index (χ2n) is 4.10. The van der Waals surface area contributed by atoms with Gasteiger partial charge < -0.3 is 10.1 Å². The number of hydrogen-bond donors (Lipinski definition) is 1. The van der Waals surface area contributed by atoms with E-state index in [0.717, 1.165) is 17.9 Å². The molecule has 0 aromatic heterocycles. The summed E-state index contributed by atoms with van der Waals surface area (Å²) in [6.07, 6.45) is -3.58. The van der Waals surface area contributed by atoms with E-state index in [2.05, 4.69) is 10.1 Å². The molecule has 2 nitrogen and oxygen atoms in total. The minimum atomic E-state index is -4.64. The summed E-state index contributed by atoms with van der Waals surface area (Å²) in [5.74, 6) is 2.00. The summed E-state index contributed by atoms with van der Waals surface area (Å²) < 4.78 is 40.7. The second-order valence-corrected chi connectivity index (χ2v) is 5.25. The van der Waals surface area contributed by atoms with Gasteiger partial charge in [0.05, 0.1) is 0 Å². The lowest BCUT2D eigenvalue weighted by Crippen LogP contribution is -2.28. The predicted octanol–water partition coefficient (Wildman–Crippen LogP) is 3.18. The van der Waals surface area contributed by atoms with Gasteiger partial charge in [-0.15, -0.1) is 13.2 Å². The normalized spacial score (nSPS) is 20.1. The molecule has 18 heavy (non-hydrogen) atoms. The third-order valence-corrected chi connectivity index (χ3v) is 3.87. The lowest BCUT2D eigenvalue weighted by atomic mass is 10.2. The summed E-state index contributed by atoms with van der Waals surface area (Å²) in [6, 6.07) is 6.62. The zero-order chi connectivity index (χ0) is 13.0. The van der Waals surface area contributed by atoms with Crippen LogP contribution in [-0.2, 0) is 6.54 Å². The van der Waals surface area contributed by atoms with Crippen LogP contribution in [0.3, 0.4) is 0 Å². The molecule has 100 valence electrons. The van der Waals surface area contributed by atoms with Gasteiger partial charge >= 0.3 is 6.36 Å². The Kier molecular flexibility index (Phi) is 4.40. The van der Waals surface area contributed by atoms with Gasteiger partial charge in [0.2, 0.25) is 0 Å². The Labute approximate surface area is 108 Å². The van der Waals surface area contributed by atoms with Crippen LogP contribution < -0.4 is 10.1 Å². The van der Waals surface area contributed by atoms with Crippen molar-refractivity contribution < 1.29 is 17.9 Å². The summed E-state index contributed by atoms with van der Waals surface area (Å²) in [7, 11) is 0. The quantitative estimate of drug-likeness (QED) is 0.913. The molecule has 0 spiro atoms. The molecule has 0 saturated carbocycles. The maximum absolute atomic E-state index is 12.2. The smallest absolute Gasteiger partial charge is 0.405 e. The number of thioether (sulfide) groups is 1. The molecule has 1 aromatic rings. The van der Waals surface area contributed by atoms with Gasteiger partial charge in [-0.25, -0.2) is 0 Å². The molecule has 1 aliphatic heterocycles. The first-order valence-electron chi connectivity index (χ1n) is 5.69. The number of ether oxygens (including phenoxy) is 1. The minimum absolute atomic E-state index is 0.122. The van der Waals surface area contributed by atoms with Crippen LogP contribution in [0.15, 0.2) is 24.3 Å². The van der Waals surface area contributed by atoms with Crippen molar-refractivity contribution in [3.8, 4) is 5.75 Å². The summed E-state index contributed by atoms with van der Waals surface area (Å²) in [5, 5.41) is 3.26. The molecule has 0 bridgehead atoms. The van der Waals surface area contributed by atoms with Gasteiger partial charge in [0.1, 0.15) is 5.75 Å². The summed E-state index contributed by atoms with van der Waals surface area (Å²) in [4.78, 5) is 0. The fourth-order valence-electron chi connectivity index (χ4n) is 1.82. The van der Waals surface area contributed by atoms with Crippen molar-refractivity contribution in [2.24, 2.45) is 0 Å². The largest absolute Gasteiger partial charge is 0.573 e. The summed E-state index contributed by atoms with van der Waals surface area (Å²) >= 11 is 1.86. The zero-order valence-corrected chi connectivity index (χ0v) is 10.5. The lowest BCUT2D eigenvalue weighted by molar-refractivity contribution is -0.274. The second kappa shape index (κ2) is 5.84. The van der Waals surface area contributed by atoms with Crippen molar-refractivity contribution in [3.63, 3.8) is 0 Å². The van der Waals surface area contributed by atoms with Gasteiger partial charge in [-0.1, -0.05) is 18.2 Å². The summed E-state index contributed by atoms with van der Waals surface area (Å²) in [5.41, 5.74) is 0.534. The molecule has 0 aliphatic carbocycles. The molecular formula is C12H14F3NOS. The summed E-state index contributed by atoms with van der Waals surface area (Å²) in [6.45, 7) is 0.400. The van der Waals surface area contributed by atoms with Crippen LogP contribution in [0.1, 0.15) is 12.0 Å². The zero-order valence-electron chi connectivity index (χ0n) is 9.67. The Morgan fingerprint density at radius 1 is 1.33 bits per heavy atom. The first-order chi connectivity index (χ1) is 8.54. The van der Waals surface area contributed by atoms with Gasteiger partial charge in [-0.2, -0.15) is 11.8 Å². The van der Waals surface area contributed by atoms with Gasteiger partial charge in [0.15, 0.2) is 0 Å². The molecule has 1 aromatic carbocycles. The van der Waals surface area contributed by atoms with E-state index < -0.39 is 6.36 Å². The van der Waals surface area contributed by atoms with E-state index in [-0.39, 0.29) is 5.75 Å². The van der Waals surface area contributed by atoms with Crippen molar-refractivity contribution >= 4 is 11.8 Å². The Hall–Kier alpha value is -0.880. The average molecular weight is 277 g/mol. The Bertz CT molecular complexity index is 391. The van der Waals surface area contributed by atoms with Crippen LogP contribution >= 0.6 is 11.8 Å². The minimum Gasteiger partial charge on any atom is -0.405 e. The van der Waals surface area contributed by atoms with E-state index in [0.29, 0.717) is 18.2 Å². The standard InChI is InChI=1S/C12H14F3NOS/c13-12(14,15)17-11-4-2-1-3-9(11)7-16-10-5-6-18-8-10/h1-4,10,16H,5-8H2. The van der Waals surface area contributed by atoms with Crippen molar-refractivity contribution in [2.45, 2.75) is 25.4 Å². The van der Waals surface area contributed by atoms with E-state index >= 15 is 0 Å². The Balaban J connectivity index is 1.98. The van der Waals surface area contributed by atoms with Crippen molar-refractivity contribution in [2.75, 3.05) is 11.5 Å². The highest BCUT2D eigenvalue weighted by atomic mass is 32.2. The fraction of sp³-hybridized carbons (Fsp3) is 0.500. The van der Waals surface area contributed by atoms with Gasteiger partial charge in [0, 0.05) is 23.9 Å². The molecule has 1 aliphatic rings. The number of para-hydroxylation sites is 1. The Morgan fingerprint density at radius 3 is 2.78 bits per heavy atom. The molecule has 1 unspecified atom stereocenters. The maximum atomic E-state index is 12.2. The molecule has 0 radical (unpaired) electrons. The molecule has 1 saturated heterocycles. The van der Waals surface area contributed by atoms with E-state index in [1.807, 2.05) is 11.8 Å². The first kappa shape index (κ1) is 13.5. The molecule has 1 fully saturated rings. The number of halogens is 3. The van der Waals surface area contributed by atoms with Gasteiger partial charge in [-0.05, 0) is 18.2 Å². The highest BCUT2D eigenvalue weighted by Crippen LogP contribution is 2.26. The molecule has 1 heterocycles.